The Labute approximate surface area is 446 Å². The molecule has 75 heavy (non-hydrogen) atoms. The third-order valence-electron chi connectivity index (χ3n) is 13.7. The molecule has 1 aromatic carbocycles. The number of fused-ring (bicyclic) bond motifs is 3. The molecule has 0 aliphatic carbocycles. The van der Waals surface area contributed by atoms with Crippen LogP contribution in [0, 0.1) is 17.8 Å². The SMILES string of the molecule is C[C@@H](Oc1nc(-c2ccc(C3CCN(C(=O)OC(C)(C)C)CC3)cc2)cn2nccc12)[C@H]1CNC(=O)C1.C[C@@H](Oc1nc(Br)cn2nccc12)[C@H]1CNC(=O)C1.C[C@@H](Oc1nc(Cl)cn2nccc12)[C@H]1CNC(=O)C1. The molecule has 4 aliphatic heterocycles. The summed E-state index contributed by atoms with van der Waals surface area (Å²) < 4.78 is 29.3. The monoisotopic (exact) mass is 1110 g/mol. The average molecular weight is 1110 g/mol. The van der Waals surface area contributed by atoms with Gasteiger partial charge in [-0.25, -0.2) is 28.3 Å². The normalized spacial score (nSPS) is 20.1. The smallest absolute Gasteiger partial charge is 0.410 e. The van der Waals surface area contributed by atoms with E-state index < -0.39 is 5.60 Å². The van der Waals surface area contributed by atoms with Gasteiger partial charge in [-0.1, -0.05) is 35.9 Å². The van der Waals surface area contributed by atoms with Gasteiger partial charge in [0.05, 0.1) is 42.9 Å². The lowest BCUT2D eigenvalue weighted by molar-refractivity contribution is -0.120. The van der Waals surface area contributed by atoms with Gasteiger partial charge in [-0.15, -0.1) is 0 Å². The van der Waals surface area contributed by atoms with Crippen LogP contribution >= 0.6 is 27.5 Å². The zero-order valence-corrected chi connectivity index (χ0v) is 45.0. The molecule has 6 atom stereocenters. The van der Waals surface area contributed by atoms with E-state index in [1.54, 1.807) is 49.4 Å². The summed E-state index contributed by atoms with van der Waals surface area (Å²) in [5.74, 6) is 2.53. The van der Waals surface area contributed by atoms with Crippen molar-refractivity contribution in [3.63, 3.8) is 0 Å². The third kappa shape index (κ3) is 13.1. The lowest BCUT2D eigenvalue weighted by atomic mass is 9.89. The molecule has 0 saturated carbocycles. The summed E-state index contributed by atoms with van der Waals surface area (Å²) in [6.07, 6.45) is 13.1. The van der Waals surface area contributed by atoms with Crippen molar-refractivity contribution in [2.75, 3.05) is 32.7 Å². The number of rotatable bonds is 11. The maximum Gasteiger partial charge on any atom is 0.410 e. The van der Waals surface area contributed by atoms with Gasteiger partial charge in [0.2, 0.25) is 35.4 Å². The molecular formula is C52H61BrClN13O8. The number of carbonyl (C=O) groups excluding carboxylic acids is 4. The minimum absolute atomic E-state index is 0.0623. The van der Waals surface area contributed by atoms with Crippen LogP contribution in [0.5, 0.6) is 17.6 Å². The van der Waals surface area contributed by atoms with Crippen molar-refractivity contribution in [1.29, 1.82) is 0 Å². The number of nitrogens with zero attached hydrogens (tertiary/aromatic N) is 10. The zero-order valence-electron chi connectivity index (χ0n) is 42.6. The highest BCUT2D eigenvalue weighted by molar-refractivity contribution is 9.10. The second kappa shape index (κ2) is 22.8. The minimum Gasteiger partial charge on any atom is -0.473 e. The number of piperidine rings is 1. The molecule has 4 saturated heterocycles. The maximum atomic E-state index is 12.4. The Balaban J connectivity index is 0.000000152. The first-order chi connectivity index (χ1) is 35.9. The zero-order chi connectivity index (χ0) is 53.0. The molecule has 0 unspecified atom stereocenters. The largest absolute Gasteiger partial charge is 0.473 e. The van der Waals surface area contributed by atoms with Crippen molar-refractivity contribution < 1.29 is 38.1 Å². The maximum absolute atomic E-state index is 12.4. The van der Waals surface area contributed by atoms with Crippen LogP contribution in [0.1, 0.15) is 85.1 Å². The van der Waals surface area contributed by atoms with Crippen molar-refractivity contribution in [3.8, 4) is 28.9 Å². The van der Waals surface area contributed by atoms with E-state index >= 15 is 0 Å². The van der Waals surface area contributed by atoms with Gasteiger partial charge < -0.3 is 39.8 Å². The number of nitrogens with one attached hydrogen (secondary N) is 3. The summed E-state index contributed by atoms with van der Waals surface area (Å²) in [5.41, 5.74) is 4.89. The topological polar surface area (TPSA) is 235 Å². The van der Waals surface area contributed by atoms with Crippen molar-refractivity contribution in [2.24, 2.45) is 17.8 Å². The standard InChI is InChI=1S/C28H35N5O4.C12H13BrN4O2.C12H13ClN4O2/c1-18(22-15-25(34)29-16-22)36-26-24-9-12-30-33(24)17-23(31-26)21-7-5-19(6-8-21)20-10-13-32(14-11-20)27(35)37-28(2,3)4;2*1-7(8-4-11(18)14-5-8)19-12-9-2-3-15-17(9)6-10(13)16-12/h5-9,12,17-18,20,22H,10-11,13-16H2,1-4H3,(H,29,34);2*2-3,6-8H,4-5H2,1H3,(H,14,18)/t18-,22-;2*7-,8-/m111/s1. The Morgan fingerprint density at radius 3 is 1.53 bits per heavy atom. The summed E-state index contributed by atoms with van der Waals surface area (Å²) in [4.78, 5) is 61.6. The number of benzene rings is 1. The van der Waals surface area contributed by atoms with E-state index in [0.717, 1.165) is 40.6 Å². The second-order valence-corrected chi connectivity index (χ2v) is 21.5. The number of likely N-dealkylation sites (tertiary alicyclic amines) is 1. The Hall–Kier alpha value is -7.07. The Bertz CT molecular complexity index is 3060. The van der Waals surface area contributed by atoms with E-state index in [2.05, 4.69) is 81.4 Å². The van der Waals surface area contributed by atoms with E-state index in [-0.39, 0.29) is 59.9 Å². The lowest BCUT2D eigenvalue weighted by Crippen LogP contribution is -2.41. The van der Waals surface area contributed by atoms with Gasteiger partial charge in [0.1, 0.15) is 45.1 Å². The van der Waals surface area contributed by atoms with Gasteiger partial charge in [0.25, 0.3) is 0 Å². The van der Waals surface area contributed by atoms with Gasteiger partial charge in [0, 0.05) is 75.3 Å². The van der Waals surface area contributed by atoms with Crippen LogP contribution in [-0.4, -0.2) is 129 Å². The van der Waals surface area contributed by atoms with Crippen molar-refractivity contribution >= 4 is 67.9 Å². The van der Waals surface area contributed by atoms with Gasteiger partial charge >= 0.3 is 6.09 Å². The van der Waals surface area contributed by atoms with Gasteiger partial charge in [0.15, 0.2) is 5.15 Å². The predicted octanol–water partition coefficient (Wildman–Crippen LogP) is 7.10. The average Bonchev–Trinajstić information content (AvgIpc) is 4.25. The summed E-state index contributed by atoms with van der Waals surface area (Å²) in [6.45, 7) is 14.8. The van der Waals surface area contributed by atoms with Crippen LogP contribution in [0.3, 0.4) is 0 Å². The highest BCUT2D eigenvalue weighted by atomic mass is 79.9. The van der Waals surface area contributed by atoms with E-state index in [9.17, 15) is 19.2 Å². The Kier molecular flexibility index (Phi) is 16.1. The van der Waals surface area contributed by atoms with Gasteiger partial charge in [-0.05, 0) is 100.0 Å². The van der Waals surface area contributed by atoms with Crippen LogP contribution in [0.4, 0.5) is 4.79 Å². The molecule has 0 spiro atoms. The number of ether oxygens (including phenoxy) is 4. The molecule has 11 rings (SSSR count). The first kappa shape index (κ1) is 52.8. The van der Waals surface area contributed by atoms with E-state index in [1.807, 2.05) is 65.9 Å². The van der Waals surface area contributed by atoms with E-state index in [1.165, 1.54) is 5.56 Å². The number of hydrogen-bond acceptors (Lipinski definition) is 14. The molecule has 0 radical (unpaired) electrons. The number of amides is 4. The van der Waals surface area contributed by atoms with E-state index in [4.69, 9.17) is 35.5 Å². The molecule has 21 nitrogen and oxygen atoms in total. The Morgan fingerprint density at radius 1 is 0.640 bits per heavy atom. The number of aromatic nitrogens is 9. The molecular weight excluding hydrogens is 1050 g/mol. The van der Waals surface area contributed by atoms with Crippen molar-refractivity contribution in [1.82, 2.24) is 64.6 Å². The summed E-state index contributed by atoms with van der Waals surface area (Å²) >= 11 is 9.26. The number of hydrogen-bond donors (Lipinski definition) is 3. The first-order valence-electron chi connectivity index (χ1n) is 25.2. The summed E-state index contributed by atoms with van der Waals surface area (Å²) in [6, 6.07) is 14.0. The number of carbonyl (C=O) groups is 4. The van der Waals surface area contributed by atoms with Crippen molar-refractivity contribution in [2.45, 2.75) is 103 Å². The Morgan fingerprint density at radius 2 is 1.08 bits per heavy atom. The van der Waals surface area contributed by atoms with Gasteiger partial charge in [-0.3, -0.25) is 14.4 Å². The molecule has 23 heteroatoms. The molecule has 4 amide bonds. The van der Waals surface area contributed by atoms with E-state index in [0.29, 0.717) is 85.3 Å². The molecule has 396 valence electrons. The molecule has 4 aliphatic rings. The summed E-state index contributed by atoms with van der Waals surface area (Å²) in [5, 5.41) is 21.5. The first-order valence-corrected chi connectivity index (χ1v) is 26.3. The highest BCUT2D eigenvalue weighted by Gasteiger charge is 2.32. The summed E-state index contributed by atoms with van der Waals surface area (Å²) in [7, 11) is 0. The third-order valence-corrected chi connectivity index (χ3v) is 14.3. The minimum atomic E-state index is -0.479. The highest BCUT2D eigenvalue weighted by Crippen LogP contribution is 2.33. The fourth-order valence-corrected chi connectivity index (χ4v) is 9.91. The number of halogens is 2. The van der Waals surface area contributed by atoms with Crippen LogP contribution < -0.4 is 30.2 Å². The van der Waals surface area contributed by atoms with Crippen LogP contribution in [0.25, 0.3) is 27.8 Å². The molecule has 4 fully saturated rings. The van der Waals surface area contributed by atoms with Gasteiger partial charge in [-0.2, -0.15) is 20.3 Å². The van der Waals surface area contributed by atoms with Crippen LogP contribution in [0.15, 0.2) is 84.2 Å². The molecule has 6 aromatic heterocycles. The van der Waals surface area contributed by atoms with Crippen molar-refractivity contribution in [3.05, 3.63) is 95.0 Å². The second-order valence-electron chi connectivity index (χ2n) is 20.3. The lowest BCUT2D eigenvalue weighted by Gasteiger charge is -2.33. The molecule has 10 heterocycles. The predicted molar refractivity (Wildman–Crippen MR) is 281 cm³/mol. The molecule has 7 aromatic rings. The molecule has 0 bridgehead atoms. The van der Waals surface area contributed by atoms with Crippen LogP contribution in [-0.2, 0) is 19.1 Å². The fourth-order valence-electron chi connectivity index (χ4n) is 9.38. The fraction of sp³-hybridized carbons (Fsp3) is 0.462. The quantitative estimate of drug-likeness (QED) is 0.117. The molecule has 3 N–H and O–H groups in total. The van der Waals surface area contributed by atoms with Crippen LogP contribution in [0.2, 0.25) is 5.15 Å².